The van der Waals surface area contributed by atoms with E-state index >= 15 is 0 Å². The monoisotopic (exact) mass is 306 g/mol. The summed E-state index contributed by atoms with van der Waals surface area (Å²) in [5.74, 6) is -0.0104. The maximum atomic E-state index is 12.0. The number of aromatic hydroxyl groups is 1. The van der Waals surface area contributed by atoms with E-state index < -0.39 is 0 Å². The molecule has 2 nitrogen and oxygen atoms in total. The molecule has 0 unspecified atom stereocenters. The van der Waals surface area contributed by atoms with Gasteiger partial charge in [-0.25, -0.2) is 0 Å². The van der Waals surface area contributed by atoms with Crippen LogP contribution in [-0.2, 0) is 0 Å². The average Bonchev–Trinajstić information content (AvgIpc) is 2.41. The molecule has 0 heterocycles. The summed E-state index contributed by atoms with van der Waals surface area (Å²) in [7, 11) is 0. The van der Waals surface area contributed by atoms with Crippen molar-refractivity contribution < 1.29 is 9.90 Å². The molecule has 4 heteroatoms. The van der Waals surface area contributed by atoms with Gasteiger partial charge in [-0.05, 0) is 55.0 Å². The summed E-state index contributed by atoms with van der Waals surface area (Å²) >= 11 is 12.0. The van der Waals surface area contributed by atoms with Gasteiger partial charge in [0.05, 0.1) is 0 Å². The van der Waals surface area contributed by atoms with Crippen molar-refractivity contribution in [2.45, 2.75) is 6.92 Å². The predicted molar refractivity (Wildman–Crippen MR) is 82.7 cm³/mol. The molecule has 0 amide bonds. The Hall–Kier alpha value is -1.77. The fourth-order valence-corrected chi connectivity index (χ4v) is 2.26. The molecule has 0 aliphatic carbocycles. The number of allylic oxidation sites excluding steroid dienone is 1. The van der Waals surface area contributed by atoms with Crippen LogP contribution in [0.15, 0.2) is 42.5 Å². The summed E-state index contributed by atoms with van der Waals surface area (Å²) in [6.07, 6.45) is 3.01. The van der Waals surface area contributed by atoms with E-state index in [0.717, 1.165) is 0 Å². The summed E-state index contributed by atoms with van der Waals surface area (Å²) in [5.41, 5.74) is 1.76. The zero-order valence-electron chi connectivity index (χ0n) is 10.7. The Labute approximate surface area is 127 Å². The Balaban J connectivity index is 2.27. The van der Waals surface area contributed by atoms with Gasteiger partial charge in [-0.1, -0.05) is 29.3 Å². The summed E-state index contributed by atoms with van der Waals surface area (Å²) in [5, 5.41) is 10.4. The van der Waals surface area contributed by atoms with E-state index in [9.17, 15) is 9.90 Å². The van der Waals surface area contributed by atoms with Crippen LogP contribution in [0.3, 0.4) is 0 Å². The molecule has 0 radical (unpaired) electrons. The molecule has 0 bridgehead atoms. The number of benzene rings is 2. The smallest absolute Gasteiger partial charge is 0.185 e. The number of rotatable bonds is 3. The zero-order valence-corrected chi connectivity index (χ0v) is 12.2. The number of carbonyl (C=O) groups excluding carboxylic acids is 1. The van der Waals surface area contributed by atoms with Crippen molar-refractivity contribution in [3.8, 4) is 5.75 Å². The van der Waals surface area contributed by atoms with Crippen molar-refractivity contribution in [3.63, 3.8) is 0 Å². The minimum Gasteiger partial charge on any atom is -0.508 e. The van der Waals surface area contributed by atoms with Gasteiger partial charge < -0.3 is 5.11 Å². The minimum absolute atomic E-state index is 0.166. The molecule has 1 N–H and O–H groups in total. The number of hydrogen-bond donors (Lipinski definition) is 1. The van der Waals surface area contributed by atoms with Gasteiger partial charge in [0.25, 0.3) is 0 Å². The predicted octanol–water partition coefficient (Wildman–Crippen LogP) is 4.90. The third-order valence-electron chi connectivity index (χ3n) is 2.88. The average molecular weight is 307 g/mol. The fraction of sp³-hybridized carbons (Fsp3) is 0.0625. The molecule has 0 aliphatic heterocycles. The van der Waals surface area contributed by atoms with Crippen molar-refractivity contribution in [1.29, 1.82) is 0 Å². The number of hydrogen-bond acceptors (Lipinski definition) is 2. The lowest BCUT2D eigenvalue weighted by Gasteiger charge is -2.02. The van der Waals surface area contributed by atoms with Crippen LogP contribution in [0.2, 0.25) is 10.0 Å². The van der Waals surface area contributed by atoms with E-state index in [4.69, 9.17) is 23.2 Å². The number of aryl methyl sites for hydroxylation is 1. The molecular formula is C16H12Cl2O2. The molecule has 20 heavy (non-hydrogen) atoms. The summed E-state index contributed by atoms with van der Waals surface area (Å²) in [4.78, 5) is 12.0. The van der Waals surface area contributed by atoms with Gasteiger partial charge >= 0.3 is 0 Å². The van der Waals surface area contributed by atoms with E-state index in [-0.39, 0.29) is 11.5 Å². The first kappa shape index (κ1) is 14.6. The highest BCUT2D eigenvalue weighted by atomic mass is 35.5. The van der Waals surface area contributed by atoms with E-state index in [1.807, 2.05) is 0 Å². The van der Waals surface area contributed by atoms with E-state index in [1.165, 1.54) is 12.1 Å². The van der Waals surface area contributed by atoms with Gasteiger partial charge in [-0.2, -0.15) is 0 Å². The molecule has 0 saturated carbocycles. The molecule has 0 saturated heterocycles. The summed E-state index contributed by atoms with van der Waals surface area (Å²) < 4.78 is 0. The first-order valence-electron chi connectivity index (χ1n) is 5.95. The molecule has 0 fully saturated rings. The molecule has 0 aromatic heterocycles. The Bertz CT molecular complexity index is 671. The highest BCUT2D eigenvalue weighted by Gasteiger charge is 2.06. The van der Waals surface area contributed by atoms with Gasteiger partial charge in [-0.15, -0.1) is 0 Å². The maximum Gasteiger partial charge on any atom is 0.185 e. The van der Waals surface area contributed by atoms with Crippen molar-refractivity contribution in [2.24, 2.45) is 0 Å². The van der Waals surface area contributed by atoms with Crippen LogP contribution in [0.5, 0.6) is 5.75 Å². The summed E-state index contributed by atoms with van der Waals surface area (Å²) in [6.45, 7) is 1.74. The Morgan fingerprint density at radius 3 is 2.40 bits per heavy atom. The Morgan fingerprint density at radius 1 is 1.15 bits per heavy atom. The summed E-state index contributed by atoms with van der Waals surface area (Å²) in [6, 6.07) is 9.87. The third-order valence-corrected chi connectivity index (χ3v) is 3.54. The molecule has 2 rings (SSSR count). The largest absolute Gasteiger partial charge is 0.508 e. The molecule has 102 valence electrons. The molecule has 0 spiro atoms. The number of carbonyl (C=O) groups is 1. The first-order chi connectivity index (χ1) is 9.49. The maximum absolute atomic E-state index is 12.0. The first-order valence-corrected chi connectivity index (χ1v) is 6.70. The van der Waals surface area contributed by atoms with Crippen LogP contribution in [0.4, 0.5) is 0 Å². The molecule has 2 aromatic carbocycles. The van der Waals surface area contributed by atoms with Crippen LogP contribution in [-0.4, -0.2) is 10.9 Å². The van der Waals surface area contributed by atoms with Gasteiger partial charge in [0.2, 0.25) is 0 Å². The minimum atomic E-state index is -0.177. The second-order valence-corrected chi connectivity index (χ2v) is 5.15. The normalized spacial score (nSPS) is 10.9. The van der Waals surface area contributed by atoms with Crippen LogP contribution >= 0.6 is 23.2 Å². The van der Waals surface area contributed by atoms with Crippen molar-refractivity contribution in [3.05, 3.63) is 69.2 Å². The molecule has 0 atom stereocenters. The lowest BCUT2D eigenvalue weighted by molar-refractivity contribution is 0.104. The second-order valence-electron chi connectivity index (χ2n) is 4.33. The zero-order chi connectivity index (χ0) is 14.7. The lowest BCUT2D eigenvalue weighted by atomic mass is 10.1. The lowest BCUT2D eigenvalue weighted by Crippen LogP contribution is -1.94. The van der Waals surface area contributed by atoms with Gasteiger partial charge in [0.15, 0.2) is 5.78 Å². The quantitative estimate of drug-likeness (QED) is 0.646. The van der Waals surface area contributed by atoms with Crippen LogP contribution in [0, 0.1) is 6.92 Å². The Kier molecular flexibility index (Phi) is 4.48. The highest BCUT2D eigenvalue weighted by molar-refractivity contribution is 6.37. The van der Waals surface area contributed by atoms with E-state index in [1.54, 1.807) is 43.3 Å². The van der Waals surface area contributed by atoms with Gasteiger partial charge in [-0.3, -0.25) is 4.79 Å². The number of ketones is 1. The van der Waals surface area contributed by atoms with Crippen LogP contribution < -0.4 is 0 Å². The van der Waals surface area contributed by atoms with E-state index in [2.05, 4.69) is 0 Å². The molecule has 0 aliphatic rings. The SMILES string of the molecule is Cc1cc(C(=O)/C=C/c2c(Cl)cccc2Cl)ccc1O. The topological polar surface area (TPSA) is 37.3 Å². The number of phenols is 1. The number of halogens is 2. The highest BCUT2D eigenvalue weighted by Crippen LogP contribution is 2.26. The molecular weight excluding hydrogens is 295 g/mol. The van der Waals surface area contributed by atoms with Crippen molar-refractivity contribution in [1.82, 2.24) is 0 Å². The van der Waals surface area contributed by atoms with Crippen molar-refractivity contribution in [2.75, 3.05) is 0 Å². The second kappa shape index (κ2) is 6.12. The fourth-order valence-electron chi connectivity index (χ4n) is 1.73. The van der Waals surface area contributed by atoms with Gasteiger partial charge in [0, 0.05) is 21.2 Å². The van der Waals surface area contributed by atoms with E-state index in [0.29, 0.717) is 26.7 Å². The van der Waals surface area contributed by atoms with Gasteiger partial charge in [0.1, 0.15) is 5.75 Å². The molecule has 2 aromatic rings. The third kappa shape index (κ3) is 3.21. The van der Waals surface area contributed by atoms with Crippen LogP contribution in [0.25, 0.3) is 6.08 Å². The standard InChI is InChI=1S/C16H12Cl2O2/c1-10-9-11(5-7-15(10)19)16(20)8-6-12-13(17)3-2-4-14(12)18/h2-9,19H,1H3/b8-6+. The Morgan fingerprint density at radius 2 is 1.80 bits per heavy atom. The number of phenolic OH excluding ortho intramolecular Hbond substituents is 1. The van der Waals surface area contributed by atoms with Crippen LogP contribution in [0.1, 0.15) is 21.5 Å². The van der Waals surface area contributed by atoms with Crippen molar-refractivity contribution >= 4 is 35.1 Å².